The van der Waals surface area contributed by atoms with Gasteiger partial charge in [-0.2, -0.15) is 12.6 Å². The first kappa shape index (κ1) is 10.6. The van der Waals surface area contributed by atoms with E-state index in [-0.39, 0.29) is 5.91 Å². The van der Waals surface area contributed by atoms with Crippen LogP contribution < -0.4 is 0 Å². The lowest BCUT2D eigenvalue weighted by molar-refractivity contribution is -0.125. The lowest BCUT2D eigenvalue weighted by Crippen LogP contribution is -2.30. The molecule has 1 amide bonds. The van der Waals surface area contributed by atoms with Crippen LogP contribution in [0.15, 0.2) is 12.7 Å². The summed E-state index contributed by atoms with van der Waals surface area (Å²) in [6, 6.07) is 0. The Morgan fingerprint density at radius 2 is 2.36 bits per heavy atom. The fraction of sp³-hybridized carbons (Fsp3) is 0.625. The molecule has 0 aromatic heterocycles. The number of nitrogens with zero attached hydrogens (tertiary/aromatic N) is 1. The molecule has 0 aliphatic carbocycles. The molecular weight excluding hydrogens is 158 g/mol. The zero-order valence-electron chi connectivity index (χ0n) is 6.92. The van der Waals surface area contributed by atoms with Crippen LogP contribution in [-0.2, 0) is 4.79 Å². The van der Waals surface area contributed by atoms with Crippen molar-refractivity contribution in [2.45, 2.75) is 13.3 Å². The molecule has 0 aliphatic rings. The number of thiol groups is 1. The predicted octanol–water partition coefficient (Wildman–Crippen LogP) is 1.34. The molecular formula is C8H15NOS. The number of rotatable bonds is 5. The largest absolute Gasteiger partial charge is 0.339 e. The Morgan fingerprint density at radius 1 is 1.73 bits per heavy atom. The first-order valence-corrected chi connectivity index (χ1v) is 4.41. The number of hydrogen-bond donors (Lipinski definition) is 1. The van der Waals surface area contributed by atoms with Crippen molar-refractivity contribution in [3.8, 4) is 0 Å². The molecule has 2 nitrogen and oxygen atoms in total. The van der Waals surface area contributed by atoms with Gasteiger partial charge in [0.05, 0.1) is 0 Å². The summed E-state index contributed by atoms with van der Waals surface area (Å²) in [7, 11) is 0. The SMILES string of the molecule is C=CC(=O)N(CC)CCCS. The van der Waals surface area contributed by atoms with Gasteiger partial charge in [0.1, 0.15) is 0 Å². The third-order valence-corrected chi connectivity index (χ3v) is 1.77. The van der Waals surface area contributed by atoms with E-state index in [1.807, 2.05) is 6.92 Å². The van der Waals surface area contributed by atoms with Gasteiger partial charge in [0, 0.05) is 13.1 Å². The van der Waals surface area contributed by atoms with E-state index in [0.29, 0.717) is 0 Å². The van der Waals surface area contributed by atoms with Crippen molar-refractivity contribution in [2.75, 3.05) is 18.8 Å². The Morgan fingerprint density at radius 3 is 2.73 bits per heavy atom. The maximum absolute atomic E-state index is 11.0. The van der Waals surface area contributed by atoms with Crippen molar-refractivity contribution in [3.63, 3.8) is 0 Å². The summed E-state index contributed by atoms with van der Waals surface area (Å²) in [6.45, 7) is 6.92. The van der Waals surface area contributed by atoms with Crippen LogP contribution in [0.5, 0.6) is 0 Å². The van der Waals surface area contributed by atoms with E-state index >= 15 is 0 Å². The number of hydrogen-bond acceptors (Lipinski definition) is 2. The molecule has 0 atom stereocenters. The molecule has 0 bridgehead atoms. The minimum Gasteiger partial charge on any atom is -0.339 e. The molecule has 0 spiro atoms. The van der Waals surface area contributed by atoms with Gasteiger partial charge < -0.3 is 4.90 Å². The van der Waals surface area contributed by atoms with E-state index in [2.05, 4.69) is 19.2 Å². The Bertz CT molecular complexity index is 136. The highest BCUT2D eigenvalue weighted by atomic mass is 32.1. The van der Waals surface area contributed by atoms with Gasteiger partial charge in [-0.15, -0.1) is 0 Å². The fourth-order valence-corrected chi connectivity index (χ4v) is 0.956. The molecule has 64 valence electrons. The standard InChI is InChI=1S/C8H15NOS/c1-3-8(10)9(4-2)6-5-7-11/h3,11H,1,4-7H2,2H3. The molecule has 3 heteroatoms. The summed E-state index contributed by atoms with van der Waals surface area (Å²) in [4.78, 5) is 12.8. The first-order chi connectivity index (χ1) is 5.26. The van der Waals surface area contributed by atoms with E-state index in [1.54, 1.807) is 4.90 Å². The zero-order valence-corrected chi connectivity index (χ0v) is 7.81. The van der Waals surface area contributed by atoms with Crippen molar-refractivity contribution in [1.82, 2.24) is 4.90 Å². The van der Waals surface area contributed by atoms with Crippen LogP contribution in [0, 0.1) is 0 Å². The highest BCUT2D eigenvalue weighted by molar-refractivity contribution is 7.80. The van der Waals surface area contributed by atoms with Gasteiger partial charge in [-0.1, -0.05) is 6.58 Å². The van der Waals surface area contributed by atoms with Crippen LogP contribution in [0.4, 0.5) is 0 Å². The van der Waals surface area contributed by atoms with E-state index in [1.165, 1.54) is 6.08 Å². The van der Waals surface area contributed by atoms with E-state index in [9.17, 15) is 4.79 Å². The molecule has 0 aromatic carbocycles. The molecule has 11 heavy (non-hydrogen) atoms. The van der Waals surface area contributed by atoms with Crippen molar-refractivity contribution in [2.24, 2.45) is 0 Å². The molecule has 0 unspecified atom stereocenters. The minimum absolute atomic E-state index is 0.00860. The van der Waals surface area contributed by atoms with Crippen molar-refractivity contribution in [3.05, 3.63) is 12.7 Å². The quantitative estimate of drug-likeness (QED) is 0.491. The number of carbonyl (C=O) groups excluding carboxylic acids is 1. The second kappa shape index (κ2) is 6.28. The molecule has 0 radical (unpaired) electrons. The Balaban J connectivity index is 3.74. The Kier molecular flexibility index (Phi) is 6.03. The molecule has 0 saturated carbocycles. The van der Waals surface area contributed by atoms with Crippen LogP contribution in [-0.4, -0.2) is 29.6 Å². The molecule has 0 fully saturated rings. The lowest BCUT2D eigenvalue weighted by atomic mass is 10.4. The van der Waals surface area contributed by atoms with Gasteiger partial charge in [0.2, 0.25) is 5.91 Å². The summed E-state index contributed by atoms with van der Waals surface area (Å²) in [5, 5.41) is 0. The first-order valence-electron chi connectivity index (χ1n) is 3.78. The van der Waals surface area contributed by atoms with Crippen molar-refractivity contribution < 1.29 is 4.79 Å². The van der Waals surface area contributed by atoms with Crippen LogP contribution >= 0.6 is 12.6 Å². The molecule has 0 heterocycles. The molecule has 0 aliphatic heterocycles. The van der Waals surface area contributed by atoms with Gasteiger partial charge in [0.25, 0.3) is 0 Å². The highest BCUT2D eigenvalue weighted by Crippen LogP contribution is 1.94. The average molecular weight is 173 g/mol. The summed E-state index contributed by atoms with van der Waals surface area (Å²) >= 11 is 4.07. The fourth-order valence-electron chi connectivity index (χ4n) is 0.815. The predicted molar refractivity (Wildman–Crippen MR) is 50.9 cm³/mol. The van der Waals surface area contributed by atoms with E-state index < -0.39 is 0 Å². The summed E-state index contributed by atoms with van der Waals surface area (Å²) < 4.78 is 0. The lowest BCUT2D eigenvalue weighted by Gasteiger charge is -2.17. The summed E-state index contributed by atoms with van der Waals surface area (Å²) in [5.41, 5.74) is 0. The molecule has 0 N–H and O–H groups in total. The molecule has 0 aromatic rings. The second-order valence-corrected chi connectivity index (χ2v) is 2.65. The van der Waals surface area contributed by atoms with Crippen LogP contribution in [0.25, 0.3) is 0 Å². The zero-order chi connectivity index (χ0) is 8.69. The second-order valence-electron chi connectivity index (χ2n) is 2.20. The maximum atomic E-state index is 11.0. The Labute approximate surface area is 73.7 Å². The van der Waals surface area contributed by atoms with Gasteiger partial charge in [-0.25, -0.2) is 0 Å². The summed E-state index contributed by atoms with van der Waals surface area (Å²) in [5.74, 6) is 0.829. The third kappa shape index (κ3) is 4.09. The van der Waals surface area contributed by atoms with Gasteiger partial charge in [-0.3, -0.25) is 4.79 Å². The Hall–Kier alpha value is -0.440. The maximum Gasteiger partial charge on any atom is 0.245 e. The van der Waals surface area contributed by atoms with Gasteiger partial charge in [-0.05, 0) is 25.2 Å². The summed E-state index contributed by atoms with van der Waals surface area (Å²) in [6.07, 6.45) is 2.29. The van der Waals surface area contributed by atoms with Gasteiger partial charge in [0.15, 0.2) is 0 Å². The van der Waals surface area contributed by atoms with E-state index in [0.717, 1.165) is 25.3 Å². The average Bonchev–Trinajstić information content (AvgIpc) is 2.05. The monoisotopic (exact) mass is 173 g/mol. The van der Waals surface area contributed by atoms with E-state index in [4.69, 9.17) is 0 Å². The van der Waals surface area contributed by atoms with Crippen LogP contribution in [0.3, 0.4) is 0 Å². The third-order valence-electron chi connectivity index (χ3n) is 1.45. The number of likely N-dealkylation sites (N-methyl/N-ethyl adjacent to an activating group) is 1. The van der Waals surface area contributed by atoms with Crippen molar-refractivity contribution in [1.29, 1.82) is 0 Å². The normalized spacial score (nSPS) is 9.27. The molecule has 0 rings (SSSR count). The highest BCUT2D eigenvalue weighted by Gasteiger charge is 2.05. The van der Waals surface area contributed by atoms with Gasteiger partial charge >= 0.3 is 0 Å². The van der Waals surface area contributed by atoms with Crippen molar-refractivity contribution >= 4 is 18.5 Å². The van der Waals surface area contributed by atoms with Crippen LogP contribution in [0.1, 0.15) is 13.3 Å². The minimum atomic E-state index is 0.00860. The number of amides is 1. The van der Waals surface area contributed by atoms with Crippen LogP contribution in [0.2, 0.25) is 0 Å². The number of carbonyl (C=O) groups is 1. The smallest absolute Gasteiger partial charge is 0.245 e. The topological polar surface area (TPSA) is 20.3 Å². The molecule has 0 saturated heterocycles.